The molecule has 0 amide bonds. The Morgan fingerprint density at radius 2 is 2.05 bits per heavy atom. The Hall–Kier alpha value is -0.930. The van der Waals surface area contributed by atoms with E-state index in [1.165, 1.54) is 0 Å². The molecule has 4 heteroatoms. The highest BCUT2D eigenvalue weighted by Gasteiger charge is 2.25. The number of benzene rings is 1. The Balaban J connectivity index is 2.57. The summed E-state index contributed by atoms with van der Waals surface area (Å²) in [5.41, 5.74) is 4.29. The molecule has 1 aromatic rings. The second kappa shape index (κ2) is 6.23. The smallest absolute Gasteiger partial charge is 0.158 e. The molecule has 0 bridgehead atoms. The van der Waals surface area contributed by atoms with Crippen LogP contribution in [0.5, 0.6) is 0 Å². The molecule has 2 nitrogen and oxygen atoms in total. The summed E-state index contributed by atoms with van der Waals surface area (Å²) in [5.74, 6) is 0.167. The third-order valence-electron chi connectivity index (χ3n) is 3.60. The zero-order valence-corrected chi connectivity index (χ0v) is 14.0. The normalized spacial score (nSPS) is 15.8. The van der Waals surface area contributed by atoms with E-state index >= 15 is 0 Å². The van der Waals surface area contributed by atoms with Gasteiger partial charge in [-0.3, -0.25) is 4.79 Å². The summed E-state index contributed by atoms with van der Waals surface area (Å²) in [6.45, 7) is 6.69. The predicted octanol–water partition coefficient (Wildman–Crippen LogP) is 4.72. The van der Waals surface area contributed by atoms with Crippen LogP contribution in [-0.4, -0.2) is 18.6 Å². The van der Waals surface area contributed by atoms with Crippen molar-refractivity contribution in [2.75, 3.05) is 17.7 Å². The number of halogens is 1. The summed E-state index contributed by atoms with van der Waals surface area (Å²) in [7, 11) is 0. The van der Waals surface area contributed by atoms with Gasteiger partial charge in [-0.1, -0.05) is 17.7 Å². The van der Waals surface area contributed by atoms with Crippen LogP contribution in [0.4, 0.5) is 5.69 Å². The quantitative estimate of drug-likeness (QED) is 0.805. The van der Waals surface area contributed by atoms with Crippen molar-refractivity contribution in [2.24, 2.45) is 0 Å². The van der Waals surface area contributed by atoms with Crippen LogP contribution in [0.25, 0.3) is 0 Å². The van der Waals surface area contributed by atoms with E-state index in [0.29, 0.717) is 0 Å². The van der Waals surface area contributed by atoms with Crippen LogP contribution in [0.1, 0.15) is 30.9 Å². The largest absolute Gasteiger partial charge is 0.334 e. The van der Waals surface area contributed by atoms with E-state index in [4.69, 9.17) is 11.6 Å². The Morgan fingerprint density at radius 3 is 2.60 bits per heavy atom. The summed E-state index contributed by atoms with van der Waals surface area (Å²) < 4.78 is 0. The van der Waals surface area contributed by atoms with E-state index in [1.54, 1.807) is 18.7 Å². The van der Waals surface area contributed by atoms with Crippen molar-refractivity contribution in [3.05, 3.63) is 38.9 Å². The molecule has 1 aromatic carbocycles. The number of anilines is 1. The Labute approximate surface area is 130 Å². The maximum absolute atomic E-state index is 11.8. The summed E-state index contributed by atoms with van der Waals surface area (Å²) in [6, 6.07) is 4.13. The zero-order chi connectivity index (χ0) is 14.9. The third kappa shape index (κ3) is 2.89. The van der Waals surface area contributed by atoms with Gasteiger partial charge in [0.25, 0.3) is 0 Å². The van der Waals surface area contributed by atoms with Gasteiger partial charge in [-0.05, 0) is 57.1 Å². The lowest BCUT2D eigenvalue weighted by atomic mass is 10.0. The van der Waals surface area contributed by atoms with E-state index in [9.17, 15) is 4.79 Å². The fourth-order valence-corrected chi connectivity index (χ4v) is 4.13. The van der Waals surface area contributed by atoms with Gasteiger partial charge in [-0.15, -0.1) is 11.8 Å². The van der Waals surface area contributed by atoms with Gasteiger partial charge in [0.2, 0.25) is 0 Å². The van der Waals surface area contributed by atoms with Crippen molar-refractivity contribution in [1.29, 1.82) is 0 Å². The number of carbonyl (C=O) groups is 1. The van der Waals surface area contributed by atoms with Crippen molar-refractivity contribution in [3.63, 3.8) is 0 Å². The lowest BCUT2D eigenvalue weighted by molar-refractivity contribution is -0.113. The van der Waals surface area contributed by atoms with Crippen LogP contribution in [-0.2, 0) is 4.79 Å². The average molecular weight is 310 g/mol. The molecule has 20 heavy (non-hydrogen) atoms. The van der Waals surface area contributed by atoms with Crippen LogP contribution in [0.15, 0.2) is 22.7 Å². The number of thioether (sulfide) groups is 1. The number of hydrogen-bond acceptors (Lipinski definition) is 3. The maximum atomic E-state index is 11.8. The van der Waals surface area contributed by atoms with Gasteiger partial charge < -0.3 is 4.90 Å². The van der Waals surface area contributed by atoms with Crippen molar-refractivity contribution in [3.8, 4) is 0 Å². The van der Waals surface area contributed by atoms with E-state index < -0.39 is 0 Å². The second-order valence-electron chi connectivity index (χ2n) is 5.21. The lowest BCUT2D eigenvalue weighted by Gasteiger charge is -2.34. The van der Waals surface area contributed by atoms with Gasteiger partial charge in [-0.25, -0.2) is 0 Å². The molecule has 0 saturated carbocycles. The average Bonchev–Trinajstić information content (AvgIpc) is 2.37. The molecular formula is C16H20ClNOS. The van der Waals surface area contributed by atoms with Crippen LogP contribution in [0.2, 0.25) is 5.02 Å². The Morgan fingerprint density at radius 1 is 1.35 bits per heavy atom. The van der Waals surface area contributed by atoms with Crippen molar-refractivity contribution in [2.45, 2.75) is 33.6 Å². The van der Waals surface area contributed by atoms with Crippen molar-refractivity contribution < 1.29 is 4.79 Å². The highest BCUT2D eigenvalue weighted by molar-refractivity contribution is 8.02. The summed E-state index contributed by atoms with van der Waals surface area (Å²) in [4.78, 5) is 14.0. The molecule has 0 atom stereocenters. The molecule has 0 aliphatic carbocycles. The molecule has 0 aromatic heterocycles. The minimum Gasteiger partial charge on any atom is -0.334 e. The summed E-state index contributed by atoms with van der Waals surface area (Å²) >= 11 is 8.09. The third-order valence-corrected chi connectivity index (χ3v) is 4.74. The van der Waals surface area contributed by atoms with E-state index in [-0.39, 0.29) is 5.78 Å². The van der Waals surface area contributed by atoms with Gasteiger partial charge in [0, 0.05) is 12.1 Å². The first-order chi connectivity index (χ1) is 9.45. The van der Waals surface area contributed by atoms with Crippen LogP contribution < -0.4 is 4.90 Å². The molecule has 0 saturated heterocycles. The van der Waals surface area contributed by atoms with Gasteiger partial charge in [-0.2, -0.15) is 0 Å². The minimum absolute atomic E-state index is 0.167. The summed E-state index contributed by atoms with van der Waals surface area (Å²) in [6.07, 6.45) is 3.88. The molecule has 1 heterocycles. The van der Waals surface area contributed by atoms with E-state index in [2.05, 4.69) is 17.9 Å². The van der Waals surface area contributed by atoms with Crippen LogP contribution >= 0.6 is 23.4 Å². The molecular weight excluding hydrogens is 290 g/mol. The molecule has 0 N–H and O–H groups in total. The number of allylic oxidation sites excluding steroid dienone is 1. The highest BCUT2D eigenvalue weighted by atomic mass is 35.5. The molecule has 108 valence electrons. The number of nitrogens with zero attached hydrogens (tertiary/aromatic N) is 1. The number of carbonyl (C=O) groups excluding carboxylic acids is 1. The van der Waals surface area contributed by atoms with E-state index in [0.717, 1.165) is 51.8 Å². The highest BCUT2D eigenvalue weighted by Crippen LogP contribution is 2.39. The maximum Gasteiger partial charge on any atom is 0.158 e. The standard InChI is InChI=1S/C16H20ClNOS/c1-10-8-11(2)15(14(17)9-10)18-7-5-6-13(12(3)19)16(18)20-4/h8-9H,5-7H2,1-4H3. The van der Waals surface area contributed by atoms with Crippen LogP contribution in [0, 0.1) is 13.8 Å². The summed E-state index contributed by atoms with van der Waals surface area (Å²) in [5, 5.41) is 1.82. The molecule has 0 unspecified atom stereocenters. The number of rotatable bonds is 3. The number of hydrogen-bond donors (Lipinski definition) is 0. The second-order valence-corrected chi connectivity index (χ2v) is 6.41. The number of aryl methyl sites for hydroxylation is 2. The zero-order valence-electron chi connectivity index (χ0n) is 12.4. The fraction of sp³-hybridized carbons (Fsp3) is 0.438. The molecule has 0 spiro atoms. The number of Topliss-reactive ketones (excluding diaryl/α,β-unsaturated/α-hetero) is 1. The molecule has 2 rings (SSSR count). The Bertz CT molecular complexity index is 557. The molecule has 0 radical (unpaired) electrons. The van der Waals surface area contributed by atoms with Gasteiger partial charge in [0.15, 0.2) is 5.78 Å². The van der Waals surface area contributed by atoms with Gasteiger partial charge in [0.05, 0.1) is 15.7 Å². The lowest BCUT2D eigenvalue weighted by Crippen LogP contribution is -2.29. The molecule has 1 aliphatic heterocycles. The first kappa shape index (κ1) is 15.5. The first-order valence-electron chi connectivity index (χ1n) is 6.78. The molecule has 1 aliphatic rings. The van der Waals surface area contributed by atoms with E-state index in [1.807, 2.05) is 19.2 Å². The minimum atomic E-state index is 0.167. The van der Waals surface area contributed by atoms with Crippen LogP contribution in [0.3, 0.4) is 0 Å². The number of ketones is 1. The van der Waals surface area contributed by atoms with Gasteiger partial charge >= 0.3 is 0 Å². The van der Waals surface area contributed by atoms with Gasteiger partial charge in [0.1, 0.15) is 0 Å². The SMILES string of the molecule is CSC1=C(C(C)=O)CCCN1c1c(C)cc(C)cc1Cl. The fourth-order valence-electron chi connectivity index (χ4n) is 2.81. The van der Waals surface area contributed by atoms with Crippen molar-refractivity contribution >= 4 is 34.8 Å². The topological polar surface area (TPSA) is 20.3 Å². The monoisotopic (exact) mass is 309 g/mol. The predicted molar refractivity (Wildman–Crippen MR) is 88.7 cm³/mol. The van der Waals surface area contributed by atoms with Crippen molar-refractivity contribution in [1.82, 2.24) is 0 Å². The Kier molecular flexibility index (Phi) is 4.82. The first-order valence-corrected chi connectivity index (χ1v) is 8.38. The molecule has 0 fully saturated rings.